The van der Waals surface area contributed by atoms with E-state index in [0.29, 0.717) is 5.56 Å². The van der Waals surface area contributed by atoms with Gasteiger partial charge in [-0.2, -0.15) is 8.42 Å². The molecule has 0 spiro atoms. The van der Waals surface area contributed by atoms with E-state index in [-0.39, 0.29) is 19.6 Å². The highest BCUT2D eigenvalue weighted by Crippen LogP contribution is 2.26. The van der Waals surface area contributed by atoms with Gasteiger partial charge in [0, 0.05) is 6.42 Å². The van der Waals surface area contributed by atoms with Crippen LogP contribution in [0.4, 0.5) is 8.68 Å². The fraction of sp³-hybridized carbons (Fsp3) is 0.419. The van der Waals surface area contributed by atoms with E-state index in [0.717, 1.165) is 17.6 Å². The number of halogens is 1. The summed E-state index contributed by atoms with van der Waals surface area (Å²) in [7, 11) is -4.06. The molecule has 0 radical (unpaired) electrons. The fourth-order valence-corrected chi connectivity index (χ4v) is 5.19. The van der Waals surface area contributed by atoms with Gasteiger partial charge < -0.3 is 25.0 Å². The Morgan fingerprint density at radius 2 is 1.55 bits per heavy atom. The summed E-state index contributed by atoms with van der Waals surface area (Å²) in [4.78, 5) is 53.6. The van der Waals surface area contributed by atoms with E-state index in [1.807, 2.05) is 6.07 Å². The van der Waals surface area contributed by atoms with Gasteiger partial charge in [-0.05, 0) is 16.5 Å². The second-order valence-electron chi connectivity index (χ2n) is 11.1. The van der Waals surface area contributed by atoms with Crippen LogP contribution in [0, 0.1) is 17.8 Å². The smallest absolute Gasteiger partial charge is 0.408 e. The molecular formula is C31H38FN3O8S. The van der Waals surface area contributed by atoms with Crippen LogP contribution in [0.25, 0.3) is 0 Å². The molecule has 3 amide bonds. The zero-order valence-electron chi connectivity index (χ0n) is 25.1. The highest BCUT2D eigenvalue weighted by Gasteiger charge is 2.42. The van der Waals surface area contributed by atoms with Crippen LogP contribution in [0.2, 0.25) is 0 Å². The summed E-state index contributed by atoms with van der Waals surface area (Å²) in [6.45, 7) is 4.50. The fourth-order valence-electron chi connectivity index (χ4n) is 4.51. The molecule has 0 bridgehead atoms. The summed E-state index contributed by atoms with van der Waals surface area (Å²) < 4.78 is 46.3. The number of ether oxygens (including phenoxy) is 2. The van der Waals surface area contributed by atoms with Crippen molar-refractivity contribution >= 4 is 34.1 Å². The Balaban J connectivity index is 2.42. The largest absolute Gasteiger partial charge is 0.469 e. The lowest BCUT2D eigenvalue weighted by Crippen LogP contribution is -2.61. The Hall–Kier alpha value is -4.44. The van der Waals surface area contributed by atoms with Gasteiger partial charge in [-0.3, -0.25) is 14.4 Å². The minimum absolute atomic E-state index is 0.0186. The van der Waals surface area contributed by atoms with Gasteiger partial charge in [0.25, 0.3) is 0 Å². The summed E-state index contributed by atoms with van der Waals surface area (Å²) in [6, 6.07) is 13.7. The molecule has 44 heavy (non-hydrogen) atoms. The van der Waals surface area contributed by atoms with Crippen LogP contribution in [0.1, 0.15) is 38.3 Å². The molecule has 2 rings (SSSR count). The SMILES string of the molecule is C#CCN(C(=O)[C@H](Cc1ccccc1)NC(=O)OCc1ccccc1)C(C(=O)N[C@@H](CC(=O)OC)CS(=O)(=O)F)C(C)(C)C. The maximum Gasteiger partial charge on any atom is 0.408 e. The number of hydrogen-bond acceptors (Lipinski definition) is 8. The van der Waals surface area contributed by atoms with Gasteiger partial charge in [0.2, 0.25) is 11.8 Å². The number of alkyl carbamates (subject to hydrolysis) is 1. The van der Waals surface area contributed by atoms with E-state index < -0.39 is 69.8 Å². The Morgan fingerprint density at radius 1 is 0.977 bits per heavy atom. The summed E-state index contributed by atoms with van der Waals surface area (Å²) >= 11 is 0. The molecule has 2 N–H and O–H groups in total. The van der Waals surface area contributed by atoms with E-state index in [4.69, 9.17) is 11.2 Å². The first-order chi connectivity index (χ1) is 20.6. The van der Waals surface area contributed by atoms with Crippen LogP contribution in [0.5, 0.6) is 0 Å². The molecular weight excluding hydrogens is 593 g/mol. The van der Waals surface area contributed by atoms with E-state index >= 15 is 0 Å². The lowest BCUT2D eigenvalue weighted by molar-refractivity contribution is -0.146. The van der Waals surface area contributed by atoms with Gasteiger partial charge in [0.15, 0.2) is 0 Å². The van der Waals surface area contributed by atoms with Crippen molar-refractivity contribution in [2.24, 2.45) is 5.41 Å². The van der Waals surface area contributed by atoms with E-state index in [1.165, 1.54) is 0 Å². The maximum atomic E-state index is 14.1. The van der Waals surface area contributed by atoms with Crippen molar-refractivity contribution in [3.63, 3.8) is 0 Å². The van der Waals surface area contributed by atoms with Crippen LogP contribution < -0.4 is 10.6 Å². The van der Waals surface area contributed by atoms with Crippen molar-refractivity contribution in [2.45, 2.75) is 58.3 Å². The molecule has 0 saturated heterocycles. The minimum atomic E-state index is -5.11. The first-order valence-electron chi connectivity index (χ1n) is 13.7. The second-order valence-corrected chi connectivity index (χ2v) is 12.5. The summed E-state index contributed by atoms with van der Waals surface area (Å²) in [5.41, 5.74) is 0.410. The molecule has 238 valence electrons. The first kappa shape index (κ1) is 35.8. The molecule has 1 unspecified atom stereocenters. The molecule has 0 aromatic heterocycles. The summed E-state index contributed by atoms with van der Waals surface area (Å²) in [5.74, 6) is -1.33. The number of carbonyl (C=O) groups excluding carboxylic acids is 4. The predicted octanol–water partition coefficient (Wildman–Crippen LogP) is 2.75. The van der Waals surface area contributed by atoms with Crippen LogP contribution in [-0.4, -0.2) is 74.7 Å². The number of esters is 1. The van der Waals surface area contributed by atoms with Crippen LogP contribution in [0.3, 0.4) is 0 Å². The van der Waals surface area contributed by atoms with Crippen LogP contribution >= 0.6 is 0 Å². The van der Waals surface area contributed by atoms with Gasteiger partial charge in [-0.15, -0.1) is 10.3 Å². The molecule has 2 aromatic carbocycles. The Bertz CT molecular complexity index is 1420. The molecule has 0 saturated carbocycles. The zero-order chi connectivity index (χ0) is 32.9. The van der Waals surface area contributed by atoms with Crippen molar-refractivity contribution in [1.82, 2.24) is 15.5 Å². The molecule has 0 aliphatic rings. The van der Waals surface area contributed by atoms with Crippen molar-refractivity contribution in [2.75, 3.05) is 19.4 Å². The van der Waals surface area contributed by atoms with E-state index in [9.17, 15) is 31.5 Å². The van der Waals surface area contributed by atoms with Crippen molar-refractivity contribution in [3.05, 3.63) is 71.8 Å². The minimum Gasteiger partial charge on any atom is -0.469 e. The van der Waals surface area contributed by atoms with Gasteiger partial charge in [0.05, 0.1) is 26.1 Å². The van der Waals surface area contributed by atoms with Crippen LogP contribution in [0.15, 0.2) is 60.7 Å². The standard InChI is InChI=1S/C31H38FN3O8S/c1-6-17-35(27(31(2,3)4)28(37)33-24(19-26(36)42-5)21-44(32,40)41)29(38)25(18-22-13-9-7-10-14-22)34-30(39)43-20-23-15-11-8-12-16-23/h1,7-16,24-25,27H,17-21H2,2-5H3,(H,33,37)(H,34,39)/t24-,25-,27?/m0/s1. The van der Waals surface area contributed by atoms with Gasteiger partial charge in [0.1, 0.15) is 24.4 Å². The third-order valence-corrected chi connectivity index (χ3v) is 7.20. The van der Waals surface area contributed by atoms with Crippen LogP contribution in [-0.2, 0) is 47.1 Å². The number of rotatable bonds is 14. The number of benzene rings is 2. The lowest BCUT2D eigenvalue weighted by Gasteiger charge is -2.40. The Labute approximate surface area is 257 Å². The number of methoxy groups -OCH3 is 1. The van der Waals surface area contributed by atoms with E-state index in [2.05, 4.69) is 21.3 Å². The molecule has 0 aliphatic heterocycles. The average molecular weight is 632 g/mol. The second kappa shape index (κ2) is 16.4. The van der Waals surface area contributed by atoms with Crippen molar-refractivity contribution < 1.29 is 41.0 Å². The predicted molar refractivity (Wildman–Crippen MR) is 161 cm³/mol. The summed E-state index contributed by atoms with van der Waals surface area (Å²) in [5, 5.41) is 4.96. The number of amides is 3. The lowest BCUT2D eigenvalue weighted by atomic mass is 9.84. The third-order valence-electron chi connectivity index (χ3n) is 6.40. The van der Waals surface area contributed by atoms with Gasteiger partial charge in [-0.1, -0.05) is 87.4 Å². The third kappa shape index (κ3) is 12.0. The van der Waals surface area contributed by atoms with Crippen molar-refractivity contribution in [1.29, 1.82) is 0 Å². The normalized spacial score (nSPS) is 13.4. The molecule has 13 heteroatoms. The maximum absolute atomic E-state index is 14.1. The van der Waals surface area contributed by atoms with Gasteiger partial charge >= 0.3 is 22.3 Å². The van der Waals surface area contributed by atoms with Crippen molar-refractivity contribution in [3.8, 4) is 12.3 Å². The zero-order valence-corrected chi connectivity index (χ0v) is 25.9. The van der Waals surface area contributed by atoms with E-state index in [1.54, 1.807) is 75.4 Å². The molecule has 0 fully saturated rings. The number of terminal acetylenes is 1. The highest BCUT2D eigenvalue weighted by atomic mass is 32.3. The molecule has 2 aromatic rings. The number of hydrogen-bond donors (Lipinski definition) is 2. The average Bonchev–Trinajstić information content (AvgIpc) is 2.94. The van der Waals surface area contributed by atoms with Gasteiger partial charge in [-0.25, -0.2) is 4.79 Å². The molecule has 0 aliphatic carbocycles. The summed E-state index contributed by atoms with van der Waals surface area (Å²) in [6.07, 6.45) is 4.10. The Morgan fingerprint density at radius 3 is 2.05 bits per heavy atom. The number of nitrogens with one attached hydrogen (secondary N) is 2. The number of carbonyl (C=O) groups is 4. The highest BCUT2D eigenvalue weighted by molar-refractivity contribution is 7.86. The topological polar surface area (TPSA) is 148 Å². The molecule has 11 nitrogen and oxygen atoms in total. The Kier molecular flexibility index (Phi) is 13.3. The quantitative estimate of drug-likeness (QED) is 0.184. The molecule has 0 heterocycles. The molecule has 3 atom stereocenters. The number of nitrogens with zero attached hydrogens (tertiary/aromatic N) is 1. The first-order valence-corrected chi connectivity index (χ1v) is 15.2. The monoisotopic (exact) mass is 631 g/mol.